The molecule has 2 unspecified atom stereocenters. The largest absolute Gasteiger partial charge is 0.381 e. The fourth-order valence-corrected chi connectivity index (χ4v) is 2.14. The first-order valence-corrected chi connectivity index (χ1v) is 5.21. The van der Waals surface area contributed by atoms with E-state index in [1.54, 1.807) is 0 Å². The van der Waals surface area contributed by atoms with E-state index in [2.05, 4.69) is 0 Å². The van der Waals surface area contributed by atoms with Crippen molar-refractivity contribution in [2.45, 2.75) is 12.3 Å². The van der Waals surface area contributed by atoms with E-state index in [-0.39, 0.29) is 17.7 Å². The van der Waals surface area contributed by atoms with Gasteiger partial charge < -0.3 is 10.5 Å². The minimum absolute atomic E-state index is 0.200. The van der Waals surface area contributed by atoms with Crippen LogP contribution in [0, 0.1) is 5.92 Å². The van der Waals surface area contributed by atoms with Crippen molar-refractivity contribution in [3.8, 4) is 0 Å². The molecule has 3 nitrogen and oxygen atoms in total. The van der Waals surface area contributed by atoms with Gasteiger partial charge in [-0.2, -0.15) is 0 Å². The molecule has 1 aromatic carbocycles. The number of hydrogen-bond donors (Lipinski definition) is 1. The fourth-order valence-electron chi connectivity index (χ4n) is 2.14. The Balaban J connectivity index is 2.23. The molecule has 0 aromatic heterocycles. The Morgan fingerprint density at radius 1 is 1.40 bits per heavy atom. The van der Waals surface area contributed by atoms with Gasteiger partial charge in [-0.15, -0.1) is 0 Å². The zero-order valence-electron chi connectivity index (χ0n) is 8.56. The Morgan fingerprint density at radius 2 is 2.13 bits per heavy atom. The normalized spacial score (nSPS) is 22.5. The summed E-state index contributed by atoms with van der Waals surface area (Å²) in [6.07, 6.45) is 0.919. The highest BCUT2D eigenvalue weighted by Crippen LogP contribution is 2.30. The number of rotatable bonds is 3. The molecule has 80 valence electrons. The lowest BCUT2D eigenvalue weighted by atomic mass is 9.85. The van der Waals surface area contributed by atoms with Gasteiger partial charge >= 0.3 is 0 Å². The number of ether oxygens (including phenoxy) is 1. The summed E-state index contributed by atoms with van der Waals surface area (Å²) < 4.78 is 5.30. The van der Waals surface area contributed by atoms with E-state index in [0.29, 0.717) is 6.61 Å². The van der Waals surface area contributed by atoms with Gasteiger partial charge in [-0.25, -0.2) is 0 Å². The molecule has 0 bridgehead atoms. The van der Waals surface area contributed by atoms with Crippen LogP contribution in [0.15, 0.2) is 30.3 Å². The summed E-state index contributed by atoms with van der Waals surface area (Å²) in [5.74, 6) is -0.213. The van der Waals surface area contributed by atoms with Crippen molar-refractivity contribution < 1.29 is 9.53 Å². The molecule has 3 heteroatoms. The van der Waals surface area contributed by atoms with Crippen LogP contribution >= 0.6 is 0 Å². The third-order valence-electron chi connectivity index (χ3n) is 2.90. The standard InChI is InChI=1S/C12H15NO2/c13-12(14)11(10-6-7-15-8-10)9-4-2-1-3-5-9/h1-5,10-11H,6-8H2,(H2,13,14). The zero-order valence-corrected chi connectivity index (χ0v) is 8.56. The highest BCUT2D eigenvalue weighted by atomic mass is 16.5. The molecular formula is C12H15NO2. The van der Waals surface area contributed by atoms with E-state index in [0.717, 1.165) is 18.6 Å². The van der Waals surface area contributed by atoms with Crippen molar-refractivity contribution in [3.63, 3.8) is 0 Å². The van der Waals surface area contributed by atoms with Crippen LogP contribution < -0.4 is 5.73 Å². The second kappa shape index (κ2) is 4.45. The number of nitrogens with two attached hydrogens (primary N) is 1. The molecule has 2 atom stereocenters. The zero-order chi connectivity index (χ0) is 10.7. The Bertz CT molecular complexity index is 331. The molecule has 1 fully saturated rings. The lowest BCUT2D eigenvalue weighted by Crippen LogP contribution is -2.28. The van der Waals surface area contributed by atoms with Crippen molar-refractivity contribution in [3.05, 3.63) is 35.9 Å². The average Bonchev–Trinajstić information content (AvgIpc) is 2.72. The lowest BCUT2D eigenvalue weighted by Gasteiger charge is -2.19. The minimum Gasteiger partial charge on any atom is -0.381 e. The average molecular weight is 205 g/mol. The van der Waals surface area contributed by atoms with Gasteiger partial charge in [0.05, 0.1) is 12.5 Å². The highest BCUT2D eigenvalue weighted by molar-refractivity contribution is 5.82. The van der Waals surface area contributed by atoms with Crippen molar-refractivity contribution >= 4 is 5.91 Å². The monoisotopic (exact) mass is 205 g/mol. The van der Waals surface area contributed by atoms with Gasteiger partial charge in [-0.1, -0.05) is 30.3 Å². The van der Waals surface area contributed by atoms with Crippen LogP contribution in [0.2, 0.25) is 0 Å². The first kappa shape index (κ1) is 10.2. The molecule has 1 aliphatic heterocycles. The number of carbonyl (C=O) groups excluding carboxylic acids is 1. The smallest absolute Gasteiger partial charge is 0.225 e. The van der Waals surface area contributed by atoms with Crippen molar-refractivity contribution in [1.29, 1.82) is 0 Å². The summed E-state index contributed by atoms with van der Waals surface area (Å²) in [6.45, 7) is 1.38. The van der Waals surface area contributed by atoms with Crippen molar-refractivity contribution in [2.75, 3.05) is 13.2 Å². The predicted molar refractivity (Wildman–Crippen MR) is 57.3 cm³/mol. The van der Waals surface area contributed by atoms with Crippen LogP contribution in [0.25, 0.3) is 0 Å². The van der Waals surface area contributed by atoms with Gasteiger partial charge in [-0.3, -0.25) is 4.79 Å². The van der Waals surface area contributed by atoms with Crippen molar-refractivity contribution in [2.24, 2.45) is 11.7 Å². The number of amides is 1. The molecule has 1 amide bonds. The SMILES string of the molecule is NC(=O)C(c1ccccc1)C1CCOC1. The molecule has 2 rings (SSSR count). The maximum atomic E-state index is 11.5. The molecule has 0 aliphatic carbocycles. The van der Waals surface area contributed by atoms with Crippen molar-refractivity contribution in [1.82, 2.24) is 0 Å². The Hall–Kier alpha value is -1.35. The molecule has 1 heterocycles. The summed E-state index contributed by atoms with van der Waals surface area (Å²) in [5.41, 5.74) is 6.45. The third kappa shape index (κ3) is 2.18. The molecule has 2 N–H and O–H groups in total. The molecular weight excluding hydrogens is 190 g/mol. The quantitative estimate of drug-likeness (QED) is 0.808. The maximum absolute atomic E-state index is 11.5. The van der Waals surface area contributed by atoms with E-state index < -0.39 is 0 Å². The summed E-state index contributed by atoms with van der Waals surface area (Å²) in [6, 6.07) is 9.70. The first-order chi connectivity index (χ1) is 7.29. The summed E-state index contributed by atoms with van der Waals surface area (Å²) >= 11 is 0. The van der Waals surface area contributed by atoms with Crippen LogP contribution in [-0.2, 0) is 9.53 Å². The van der Waals surface area contributed by atoms with Crippen LogP contribution in [0.5, 0.6) is 0 Å². The molecule has 1 saturated heterocycles. The topological polar surface area (TPSA) is 52.3 Å². The molecule has 0 spiro atoms. The Morgan fingerprint density at radius 3 is 2.67 bits per heavy atom. The number of benzene rings is 1. The van der Waals surface area contributed by atoms with E-state index in [1.165, 1.54) is 0 Å². The van der Waals surface area contributed by atoms with Gasteiger partial charge in [0.2, 0.25) is 5.91 Å². The van der Waals surface area contributed by atoms with Gasteiger partial charge in [0, 0.05) is 12.5 Å². The second-order valence-electron chi connectivity index (χ2n) is 3.91. The van der Waals surface area contributed by atoms with E-state index in [1.807, 2.05) is 30.3 Å². The second-order valence-corrected chi connectivity index (χ2v) is 3.91. The maximum Gasteiger partial charge on any atom is 0.225 e. The highest BCUT2D eigenvalue weighted by Gasteiger charge is 2.30. The van der Waals surface area contributed by atoms with Crippen LogP contribution in [0.1, 0.15) is 17.9 Å². The molecule has 1 aromatic rings. The first-order valence-electron chi connectivity index (χ1n) is 5.21. The van der Waals surface area contributed by atoms with Crippen LogP contribution in [0.4, 0.5) is 0 Å². The number of hydrogen-bond acceptors (Lipinski definition) is 2. The van der Waals surface area contributed by atoms with Crippen LogP contribution in [0.3, 0.4) is 0 Å². The van der Waals surface area contributed by atoms with E-state index in [4.69, 9.17) is 10.5 Å². The van der Waals surface area contributed by atoms with E-state index >= 15 is 0 Å². The molecule has 1 aliphatic rings. The van der Waals surface area contributed by atoms with Crippen LogP contribution in [-0.4, -0.2) is 19.1 Å². The van der Waals surface area contributed by atoms with E-state index in [9.17, 15) is 4.79 Å². The Labute approximate surface area is 89.2 Å². The van der Waals surface area contributed by atoms with Gasteiger partial charge in [-0.05, 0) is 12.0 Å². The Kier molecular flexibility index (Phi) is 3.02. The van der Waals surface area contributed by atoms with Gasteiger partial charge in [0.25, 0.3) is 0 Å². The summed E-state index contributed by atoms with van der Waals surface area (Å²) in [5, 5.41) is 0. The van der Waals surface area contributed by atoms with Gasteiger partial charge in [0.15, 0.2) is 0 Å². The summed E-state index contributed by atoms with van der Waals surface area (Å²) in [7, 11) is 0. The fraction of sp³-hybridized carbons (Fsp3) is 0.417. The molecule has 15 heavy (non-hydrogen) atoms. The minimum atomic E-state index is -0.253. The predicted octanol–water partition coefficient (Wildman–Crippen LogP) is 1.29. The molecule has 0 radical (unpaired) electrons. The lowest BCUT2D eigenvalue weighted by molar-refractivity contribution is -0.120. The molecule has 0 saturated carbocycles. The number of carbonyl (C=O) groups is 1. The summed E-state index contributed by atoms with van der Waals surface area (Å²) in [4.78, 5) is 11.5. The third-order valence-corrected chi connectivity index (χ3v) is 2.90. The number of primary amides is 1. The van der Waals surface area contributed by atoms with Gasteiger partial charge in [0.1, 0.15) is 0 Å².